The second kappa shape index (κ2) is 4.88. The highest BCUT2D eigenvalue weighted by atomic mass is 16.4. The van der Waals surface area contributed by atoms with E-state index in [0.717, 1.165) is 0 Å². The van der Waals surface area contributed by atoms with Gasteiger partial charge in [0.25, 0.3) is 0 Å². The van der Waals surface area contributed by atoms with Crippen LogP contribution in [0.2, 0.25) is 0 Å². The fraction of sp³-hybridized carbons (Fsp3) is 0.308. The SMILES string of the molecule is N#Cc1ccc(N2CCC(CC(=O)O)C2=O)cc1. The van der Waals surface area contributed by atoms with Crippen molar-refractivity contribution in [3.63, 3.8) is 0 Å². The van der Waals surface area contributed by atoms with Gasteiger partial charge in [0.1, 0.15) is 0 Å². The molecule has 0 aliphatic carbocycles. The number of carbonyl (C=O) groups excluding carboxylic acids is 1. The normalized spacial score (nSPS) is 18.7. The lowest BCUT2D eigenvalue weighted by Gasteiger charge is -2.16. The van der Waals surface area contributed by atoms with Gasteiger partial charge in [-0.2, -0.15) is 5.26 Å². The second-order valence-electron chi connectivity index (χ2n) is 4.23. The molecule has 18 heavy (non-hydrogen) atoms. The molecule has 92 valence electrons. The number of rotatable bonds is 3. The molecule has 0 spiro atoms. The molecule has 2 rings (SSSR count). The number of carboxylic acid groups (broad SMARTS) is 1. The lowest BCUT2D eigenvalue weighted by Crippen LogP contribution is -2.27. The molecule has 1 atom stereocenters. The third kappa shape index (κ3) is 2.33. The molecule has 1 unspecified atom stereocenters. The maximum Gasteiger partial charge on any atom is 0.304 e. The Morgan fingerprint density at radius 2 is 2.11 bits per heavy atom. The minimum atomic E-state index is -0.949. The summed E-state index contributed by atoms with van der Waals surface area (Å²) in [5, 5.41) is 17.4. The summed E-state index contributed by atoms with van der Waals surface area (Å²) < 4.78 is 0. The zero-order chi connectivity index (χ0) is 13.1. The second-order valence-corrected chi connectivity index (χ2v) is 4.23. The predicted octanol–water partition coefficient (Wildman–Crippen LogP) is 1.39. The van der Waals surface area contributed by atoms with Gasteiger partial charge in [-0.1, -0.05) is 0 Å². The number of hydrogen-bond acceptors (Lipinski definition) is 3. The molecule has 1 aromatic rings. The predicted molar refractivity (Wildman–Crippen MR) is 63.9 cm³/mol. The smallest absolute Gasteiger partial charge is 0.304 e. The molecule has 0 saturated carbocycles. The third-order valence-electron chi connectivity index (χ3n) is 3.05. The first-order valence-electron chi connectivity index (χ1n) is 5.65. The number of carboxylic acids is 1. The Hall–Kier alpha value is -2.35. The highest BCUT2D eigenvalue weighted by molar-refractivity contribution is 5.98. The number of nitrogens with zero attached hydrogens (tertiary/aromatic N) is 2. The fourth-order valence-corrected chi connectivity index (χ4v) is 2.11. The number of anilines is 1. The van der Waals surface area contributed by atoms with E-state index in [9.17, 15) is 9.59 Å². The van der Waals surface area contributed by atoms with Crippen LogP contribution in [0.15, 0.2) is 24.3 Å². The van der Waals surface area contributed by atoms with Gasteiger partial charge >= 0.3 is 5.97 Å². The first-order valence-corrected chi connectivity index (χ1v) is 5.65. The minimum Gasteiger partial charge on any atom is -0.481 e. The molecular formula is C13H12N2O3. The van der Waals surface area contributed by atoms with E-state index in [4.69, 9.17) is 10.4 Å². The average molecular weight is 244 g/mol. The van der Waals surface area contributed by atoms with Crippen LogP contribution < -0.4 is 4.90 Å². The van der Waals surface area contributed by atoms with Gasteiger partial charge in [-0.3, -0.25) is 9.59 Å². The van der Waals surface area contributed by atoms with Crippen molar-refractivity contribution < 1.29 is 14.7 Å². The van der Waals surface area contributed by atoms with Gasteiger partial charge in [0.05, 0.1) is 24.0 Å². The zero-order valence-electron chi connectivity index (χ0n) is 9.67. The van der Waals surface area contributed by atoms with Gasteiger partial charge in [-0.05, 0) is 30.7 Å². The van der Waals surface area contributed by atoms with Crippen LogP contribution in [0.3, 0.4) is 0 Å². The summed E-state index contributed by atoms with van der Waals surface area (Å²) in [7, 11) is 0. The van der Waals surface area contributed by atoms with Gasteiger partial charge in [0.15, 0.2) is 0 Å². The molecule has 1 heterocycles. The van der Waals surface area contributed by atoms with Crippen molar-refractivity contribution >= 4 is 17.6 Å². The van der Waals surface area contributed by atoms with Crippen LogP contribution in [-0.2, 0) is 9.59 Å². The molecular weight excluding hydrogens is 232 g/mol. The van der Waals surface area contributed by atoms with Gasteiger partial charge in [-0.15, -0.1) is 0 Å². The van der Waals surface area contributed by atoms with Crippen LogP contribution in [-0.4, -0.2) is 23.5 Å². The van der Waals surface area contributed by atoms with E-state index in [0.29, 0.717) is 24.2 Å². The molecule has 5 heteroatoms. The number of benzene rings is 1. The summed E-state index contributed by atoms with van der Waals surface area (Å²) >= 11 is 0. The Bertz CT molecular complexity index is 516. The van der Waals surface area contributed by atoms with E-state index in [1.54, 1.807) is 29.2 Å². The Labute approximate surface area is 104 Å². The van der Waals surface area contributed by atoms with Crippen molar-refractivity contribution in [1.82, 2.24) is 0 Å². The summed E-state index contributed by atoms with van der Waals surface area (Å²) in [6, 6.07) is 8.72. The average Bonchev–Trinajstić information content (AvgIpc) is 2.71. The van der Waals surface area contributed by atoms with Crippen molar-refractivity contribution in [2.75, 3.05) is 11.4 Å². The lowest BCUT2D eigenvalue weighted by atomic mass is 10.0. The highest BCUT2D eigenvalue weighted by Gasteiger charge is 2.33. The molecule has 1 N–H and O–H groups in total. The molecule has 0 aromatic heterocycles. The van der Waals surface area contributed by atoms with Gasteiger partial charge in [-0.25, -0.2) is 0 Å². The Balaban J connectivity index is 2.13. The first kappa shape index (κ1) is 12.1. The largest absolute Gasteiger partial charge is 0.481 e. The van der Waals surface area contributed by atoms with Crippen molar-refractivity contribution in [1.29, 1.82) is 5.26 Å². The molecule has 1 fully saturated rings. The number of hydrogen-bond donors (Lipinski definition) is 1. The number of carbonyl (C=O) groups is 2. The quantitative estimate of drug-likeness (QED) is 0.871. The molecule has 1 saturated heterocycles. The monoisotopic (exact) mass is 244 g/mol. The number of aliphatic carboxylic acids is 1. The van der Waals surface area contributed by atoms with Crippen molar-refractivity contribution in [2.45, 2.75) is 12.8 Å². The van der Waals surface area contributed by atoms with Crippen LogP contribution in [0, 0.1) is 17.2 Å². The van der Waals surface area contributed by atoms with Gasteiger partial charge in [0.2, 0.25) is 5.91 Å². The summed E-state index contributed by atoms with van der Waals surface area (Å²) in [6.07, 6.45) is 0.441. The van der Waals surface area contributed by atoms with Crippen molar-refractivity contribution in [2.24, 2.45) is 5.92 Å². The summed E-state index contributed by atoms with van der Waals surface area (Å²) in [5.74, 6) is -1.53. The molecule has 0 bridgehead atoms. The van der Waals surface area contributed by atoms with Crippen molar-refractivity contribution in [3.8, 4) is 6.07 Å². The number of amides is 1. The molecule has 5 nitrogen and oxygen atoms in total. The summed E-state index contributed by atoms with van der Waals surface area (Å²) in [4.78, 5) is 24.2. The Kier molecular flexibility index (Phi) is 3.28. The lowest BCUT2D eigenvalue weighted by molar-refractivity contribution is -0.140. The molecule has 1 aliphatic heterocycles. The summed E-state index contributed by atoms with van der Waals surface area (Å²) in [5.41, 5.74) is 1.25. The van der Waals surface area contributed by atoms with Crippen LogP contribution in [0.25, 0.3) is 0 Å². The highest BCUT2D eigenvalue weighted by Crippen LogP contribution is 2.27. The Morgan fingerprint density at radius 1 is 1.44 bits per heavy atom. The molecule has 1 amide bonds. The van der Waals surface area contributed by atoms with Crippen LogP contribution in [0.1, 0.15) is 18.4 Å². The fourth-order valence-electron chi connectivity index (χ4n) is 2.11. The first-order chi connectivity index (χ1) is 8.61. The maximum absolute atomic E-state index is 12.0. The molecule has 1 aromatic carbocycles. The van der Waals surface area contributed by atoms with Crippen LogP contribution >= 0.6 is 0 Å². The summed E-state index contributed by atoms with van der Waals surface area (Å²) in [6.45, 7) is 0.530. The zero-order valence-corrected chi connectivity index (χ0v) is 9.67. The van der Waals surface area contributed by atoms with Crippen molar-refractivity contribution in [3.05, 3.63) is 29.8 Å². The standard InChI is InChI=1S/C13H12N2O3/c14-8-9-1-3-11(4-2-9)15-6-5-10(13(15)18)7-12(16)17/h1-4,10H,5-7H2,(H,16,17). The van der Waals surface area contributed by atoms with Gasteiger partial charge < -0.3 is 10.0 Å². The topological polar surface area (TPSA) is 81.4 Å². The molecule has 0 radical (unpaired) electrons. The van der Waals surface area contributed by atoms with Crippen LogP contribution in [0.5, 0.6) is 0 Å². The number of nitriles is 1. The van der Waals surface area contributed by atoms with Gasteiger partial charge in [0, 0.05) is 12.2 Å². The Morgan fingerprint density at radius 3 is 2.67 bits per heavy atom. The van der Waals surface area contributed by atoms with E-state index in [1.165, 1.54) is 0 Å². The third-order valence-corrected chi connectivity index (χ3v) is 3.05. The van der Waals surface area contributed by atoms with E-state index < -0.39 is 11.9 Å². The minimum absolute atomic E-state index is 0.119. The maximum atomic E-state index is 12.0. The van der Waals surface area contributed by atoms with Crippen LogP contribution in [0.4, 0.5) is 5.69 Å². The van der Waals surface area contributed by atoms with E-state index >= 15 is 0 Å². The van der Waals surface area contributed by atoms with E-state index in [1.807, 2.05) is 6.07 Å². The van der Waals surface area contributed by atoms with E-state index in [2.05, 4.69) is 0 Å². The van der Waals surface area contributed by atoms with E-state index in [-0.39, 0.29) is 12.3 Å². The molecule has 1 aliphatic rings.